The first-order valence-corrected chi connectivity index (χ1v) is 5.74. The Hall–Kier alpha value is -2.21. The molecule has 0 heterocycles. The van der Waals surface area contributed by atoms with Crippen LogP contribution in [0.2, 0.25) is 0 Å². The first-order chi connectivity index (χ1) is 9.40. The number of ether oxygens (including phenoxy) is 1. The summed E-state index contributed by atoms with van der Waals surface area (Å²) in [5, 5.41) is 8.90. The van der Waals surface area contributed by atoms with Gasteiger partial charge in [-0.15, -0.1) is 0 Å². The van der Waals surface area contributed by atoms with Crippen LogP contribution in [-0.2, 0) is 12.8 Å². The van der Waals surface area contributed by atoms with Crippen LogP contribution in [0.4, 0.5) is 18.9 Å². The molecular formula is C14H12F3NO2. The van der Waals surface area contributed by atoms with E-state index in [-0.39, 0.29) is 23.8 Å². The predicted molar refractivity (Wildman–Crippen MR) is 68.3 cm³/mol. The highest BCUT2D eigenvalue weighted by molar-refractivity contribution is 5.50. The Morgan fingerprint density at radius 2 is 1.70 bits per heavy atom. The average Bonchev–Trinajstić information content (AvgIpc) is 2.40. The molecule has 106 valence electrons. The summed E-state index contributed by atoms with van der Waals surface area (Å²) in [6.45, 7) is -0.143. The highest BCUT2D eigenvalue weighted by Gasteiger charge is 2.34. The van der Waals surface area contributed by atoms with Crippen LogP contribution in [0.1, 0.15) is 11.1 Å². The summed E-state index contributed by atoms with van der Waals surface area (Å²) in [6.07, 6.45) is -4.55. The number of anilines is 1. The Bertz CT molecular complexity index is 594. The van der Waals surface area contributed by atoms with E-state index in [2.05, 4.69) is 0 Å². The van der Waals surface area contributed by atoms with E-state index in [0.29, 0.717) is 5.56 Å². The minimum Gasteiger partial charge on any atom is -0.457 e. The van der Waals surface area contributed by atoms with Gasteiger partial charge >= 0.3 is 6.18 Å². The molecule has 6 heteroatoms. The van der Waals surface area contributed by atoms with E-state index in [4.69, 9.17) is 15.6 Å². The fraction of sp³-hybridized carbons (Fsp3) is 0.143. The maximum absolute atomic E-state index is 12.9. The van der Waals surface area contributed by atoms with Crippen molar-refractivity contribution in [2.24, 2.45) is 0 Å². The van der Waals surface area contributed by atoms with E-state index in [1.54, 1.807) is 12.1 Å². The van der Waals surface area contributed by atoms with Crippen LogP contribution in [0.25, 0.3) is 0 Å². The Labute approximate surface area is 113 Å². The first kappa shape index (κ1) is 14.2. The summed E-state index contributed by atoms with van der Waals surface area (Å²) < 4.78 is 43.9. The molecule has 0 fully saturated rings. The van der Waals surface area contributed by atoms with Crippen LogP contribution in [-0.4, -0.2) is 5.11 Å². The van der Waals surface area contributed by atoms with Crippen LogP contribution in [0.3, 0.4) is 0 Å². The lowest BCUT2D eigenvalue weighted by atomic mass is 10.1. The lowest BCUT2D eigenvalue weighted by Gasteiger charge is -2.14. The molecule has 0 saturated carbocycles. The smallest absolute Gasteiger partial charge is 0.420 e. The lowest BCUT2D eigenvalue weighted by Crippen LogP contribution is -2.08. The number of aliphatic hydroxyl groups excluding tert-OH is 1. The van der Waals surface area contributed by atoms with Gasteiger partial charge in [0.05, 0.1) is 6.61 Å². The molecule has 0 aromatic heterocycles. The van der Waals surface area contributed by atoms with Crippen molar-refractivity contribution in [1.82, 2.24) is 0 Å². The topological polar surface area (TPSA) is 55.5 Å². The molecule has 0 radical (unpaired) electrons. The number of halogens is 3. The number of hydrogen-bond acceptors (Lipinski definition) is 3. The number of hydrogen-bond donors (Lipinski definition) is 2. The number of nitrogens with two attached hydrogens (primary N) is 1. The van der Waals surface area contributed by atoms with Crippen molar-refractivity contribution in [3.63, 3.8) is 0 Å². The highest BCUT2D eigenvalue weighted by atomic mass is 19.4. The number of alkyl halides is 3. The average molecular weight is 283 g/mol. The molecule has 2 aromatic carbocycles. The van der Waals surface area contributed by atoms with Gasteiger partial charge in [0, 0.05) is 5.69 Å². The van der Waals surface area contributed by atoms with Crippen molar-refractivity contribution >= 4 is 5.69 Å². The number of rotatable bonds is 3. The van der Waals surface area contributed by atoms with Gasteiger partial charge in [-0.25, -0.2) is 0 Å². The van der Waals surface area contributed by atoms with E-state index < -0.39 is 11.7 Å². The van der Waals surface area contributed by atoms with Crippen molar-refractivity contribution in [3.8, 4) is 11.5 Å². The van der Waals surface area contributed by atoms with E-state index in [9.17, 15) is 13.2 Å². The summed E-state index contributed by atoms with van der Waals surface area (Å²) >= 11 is 0. The Morgan fingerprint density at radius 3 is 2.25 bits per heavy atom. The molecule has 2 aromatic rings. The fourth-order valence-corrected chi connectivity index (χ4v) is 1.65. The highest BCUT2D eigenvalue weighted by Crippen LogP contribution is 2.39. The standard InChI is InChI=1S/C14H12F3NO2/c15-14(16,17)12-7-10(18)3-6-13(12)20-11-4-1-9(8-19)2-5-11/h1-7,19H,8,18H2. The number of nitrogen functional groups attached to an aromatic ring is 1. The molecule has 0 spiro atoms. The van der Waals surface area contributed by atoms with Crippen LogP contribution in [0.5, 0.6) is 11.5 Å². The summed E-state index contributed by atoms with van der Waals surface area (Å²) in [5.41, 5.74) is 5.10. The van der Waals surface area contributed by atoms with Crippen LogP contribution in [0.15, 0.2) is 42.5 Å². The van der Waals surface area contributed by atoms with Gasteiger partial charge in [-0.05, 0) is 35.9 Å². The van der Waals surface area contributed by atoms with Crippen molar-refractivity contribution in [2.45, 2.75) is 12.8 Å². The number of benzene rings is 2. The molecule has 0 atom stereocenters. The third-order valence-corrected chi connectivity index (χ3v) is 2.64. The molecule has 0 bridgehead atoms. The maximum Gasteiger partial charge on any atom is 0.420 e. The summed E-state index contributed by atoms with van der Waals surface area (Å²) in [4.78, 5) is 0. The lowest BCUT2D eigenvalue weighted by molar-refractivity contribution is -0.138. The second kappa shape index (κ2) is 5.42. The van der Waals surface area contributed by atoms with Gasteiger partial charge in [-0.1, -0.05) is 12.1 Å². The van der Waals surface area contributed by atoms with Crippen molar-refractivity contribution in [3.05, 3.63) is 53.6 Å². The molecular weight excluding hydrogens is 271 g/mol. The Morgan fingerprint density at radius 1 is 1.05 bits per heavy atom. The summed E-state index contributed by atoms with van der Waals surface area (Å²) in [7, 11) is 0. The minimum absolute atomic E-state index is 0.0142. The molecule has 0 aliphatic rings. The molecule has 2 rings (SSSR count). The van der Waals surface area contributed by atoms with Gasteiger partial charge in [0.25, 0.3) is 0 Å². The Balaban J connectivity index is 2.32. The van der Waals surface area contributed by atoms with E-state index in [1.807, 2.05) is 0 Å². The molecule has 0 aliphatic carbocycles. The quantitative estimate of drug-likeness (QED) is 0.847. The van der Waals surface area contributed by atoms with Crippen LogP contribution in [0, 0.1) is 0 Å². The van der Waals surface area contributed by atoms with E-state index in [0.717, 1.165) is 6.07 Å². The minimum atomic E-state index is -4.55. The molecule has 0 aliphatic heterocycles. The molecule has 3 nitrogen and oxygen atoms in total. The van der Waals surface area contributed by atoms with Gasteiger partial charge in [0.15, 0.2) is 0 Å². The summed E-state index contributed by atoms with van der Waals surface area (Å²) in [5.74, 6) is -0.0686. The van der Waals surface area contributed by atoms with Gasteiger partial charge in [0.1, 0.15) is 17.1 Å². The molecule has 3 N–H and O–H groups in total. The second-order valence-electron chi connectivity index (χ2n) is 4.16. The molecule has 20 heavy (non-hydrogen) atoms. The monoisotopic (exact) mass is 283 g/mol. The second-order valence-corrected chi connectivity index (χ2v) is 4.16. The van der Waals surface area contributed by atoms with E-state index >= 15 is 0 Å². The normalized spacial score (nSPS) is 11.4. The third-order valence-electron chi connectivity index (χ3n) is 2.64. The Kier molecular flexibility index (Phi) is 3.85. The van der Waals surface area contributed by atoms with Gasteiger partial charge in [-0.3, -0.25) is 0 Å². The molecule has 0 unspecified atom stereocenters. The molecule has 0 saturated heterocycles. The van der Waals surface area contributed by atoms with Crippen molar-refractivity contribution in [2.75, 3.05) is 5.73 Å². The SMILES string of the molecule is Nc1ccc(Oc2ccc(CO)cc2)c(C(F)(F)F)c1. The third kappa shape index (κ3) is 3.21. The van der Waals surface area contributed by atoms with Gasteiger partial charge < -0.3 is 15.6 Å². The molecule has 0 amide bonds. The zero-order valence-corrected chi connectivity index (χ0v) is 10.3. The maximum atomic E-state index is 12.9. The van der Waals surface area contributed by atoms with Gasteiger partial charge in [-0.2, -0.15) is 13.2 Å². The first-order valence-electron chi connectivity index (χ1n) is 5.74. The van der Waals surface area contributed by atoms with E-state index in [1.165, 1.54) is 24.3 Å². The zero-order valence-electron chi connectivity index (χ0n) is 10.3. The van der Waals surface area contributed by atoms with Crippen molar-refractivity contribution < 1.29 is 23.0 Å². The predicted octanol–water partition coefficient (Wildman–Crippen LogP) is 3.57. The van der Waals surface area contributed by atoms with Crippen molar-refractivity contribution in [1.29, 1.82) is 0 Å². The van der Waals surface area contributed by atoms with Crippen LogP contribution >= 0.6 is 0 Å². The largest absolute Gasteiger partial charge is 0.457 e. The van der Waals surface area contributed by atoms with Gasteiger partial charge in [0.2, 0.25) is 0 Å². The number of aliphatic hydroxyl groups is 1. The summed E-state index contributed by atoms with van der Waals surface area (Å²) in [6, 6.07) is 9.46. The fourth-order valence-electron chi connectivity index (χ4n) is 1.65. The zero-order chi connectivity index (χ0) is 14.8. The van der Waals surface area contributed by atoms with Crippen LogP contribution < -0.4 is 10.5 Å².